The Bertz CT molecular complexity index is 277. The Morgan fingerprint density at radius 1 is 1.05 bits per heavy atom. The molecule has 0 saturated carbocycles. The topological polar surface area (TPSA) is 3.24 Å². The molecule has 0 fully saturated rings. The summed E-state index contributed by atoms with van der Waals surface area (Å²) in [6, 6.07) is 0. The predicted molar refractivity (Wildman–Crippen MR) is 116 cm³/mol. The second kappa shape index (κ2) is 18.8. The number of thiocarbonyl (C=S) groups is 2. The molecule has 0 unspecified atom stereocenters. The van der Waals surface area contributed by atoms with E-state index < -0.39 is 0 Å². The fraction of sp³-hybridized carbons (Fsp3) is 0.733. The molecule has 0 aliphatic heterocycles. The molecule has 124 valence electrons. The molecule has 0 aliphatic carbocycles. The van der Waals surface area contributed by atoms with Crippen LogP contribution >= 0.6 is 59.7 Å². The Kier molecular flexibility index (Phi) is 21.5. The molecule has 0 saturated heterocycles. The van der Waals surface area contributed by atoms with Crippen molar-refractivity contribution in [2.24, 2.45) is 0 Å². The van der Waals surface area contributed by atoms with Gasteiger partial charge in [0.05, 0.1) is 0 Å². The molecule has 0 spiro atoms. The van der Waals surface area contributed by atoms with Crippen LogP contribution in [0.4, 0.5) is 0 Å². The highest BCUT2D eigenvalue weighted by molar-refractivity contribution is 8.47. The van der Waals surface area contributed by atoms with Gasteiger partial charge in [-0.1, -0.05) is 62.5 Å². The van der Waals surface area contributed by atoms with Crippen molar-refractivity contribution in [3.63, 3.8) is 0 Å². The lowest BCUT2D eigenvalue weighted by Crippen LogP contribution is -2.26. The predicted octanol–water partition coefficient (Wildman–Crippen LogP) is 6.09. The molecule has 6 heteroatoms. The van der Waals surface area contributed by atoms with Crippen LogP contribution in [-0.2, 0) is 0 Å². The summed E-state index contributed by atoms with van der Waals surface area (Å²) >= 11 is 15.5. The van der Waals surface area contributed by atoms with E-state index in [4.69, 9.17) is 24.4 Å². The van der Waals surface area contributed by atoms with Crippen molar-refractivity contribution >= 4 is 67.6 Å². The maximum Gasteiger partial charge on any atom is 0.136 e. The molecule has 0 radical (unpaired) electrons. The molecule has 0 bridgehead atoms. The average Bonchev–Trinajstić information content (AvgIpc) is 2.47. The van der Waals surface area contributed by atoms with Gasteiger partial charge in [-0.25, -0.2) is 0 Å². The lowest BCUT2D eigenvalue weighted by molar-refractivity contribution is 0.482. The van der Waals surface area contributed by atoms with Crippen molar-refractivity contribution in [3.05, 3.63) is 12.7 Å². The van der Waals surface area contributed by atoms with Crippen LogP contribution in [0.25, 0.3) is 0 Å². The van der Waals surface area contributed by atoms with Gasteiger partial charge in [-0.3, -0.25) is 0 Å². The zero-order chi connectivity index (χ0) is 16.5. The first-order chi connectivity index (χ1) is 10.1. The first kappa shape index (κ1) is 24.0. The Labute approximate surface area is 155 Å². The van der Waals surface area contributed by atoms with Crippen molar-refractivity contribution in [2.45, 2.75) is 40.5 Å². The van der Waals surface area contributed by atoms with E-state index in [9.17, 15) is 0 Å². The van der Waals surface area contributed by atoms with Crippen molar-refractivity contribution in [1.82, 2.24) is 4.90 Å². The molecule has 0 heterocycles. The van der Waals surface area contributed by atoms with Crippen LogP contribution in [0.2, 0.25) is 0 Å². The molecule has 0 atom stereocenters. The van der Waals surface area contributed by atoms with Gasteiger partial charge in [0.1, 0.15) is 7.85 Å². The van der Waals surface area contributed by atoms with Crippen LogP contribution in [0, 0.1) is 0 Å². The van der Waals surface area contributed by atoms with Gasteiger partial charge in [-0.05, 0) is 31.8 Å². The number of hydrogen-bond acceptors (Lipinski definition) is 5. The van der Waals surface area contributed by atoms with Gasteiger partial charge in [0.15, 0.2) is 0 Å². The SMILES string of the molecule is C=CCSC(=S)SCCCC.CCSC(=S)N(CC)CC. The van der Waals surface area contributed by atoms with E-state index in [2.05, 4.69) is 39.2 Å². The fourth-order valence-corrected chi connectivity index (χ4v) is 4.56. The van der Waals surface area contributed by atoms with Crippen molar-refractivity contribution < 1.29 is 0 Å². The standard InChI is InChI=1S/C8H14S3.C7H15NS2/c1-3-5-7-11-8(9)10-6-4-2;1-4-8(5-2)7(9)10-6-3/h4H,2-3,5-7H2,1H3;4-6H2,1-3H3. The summed E-state index contributed by atoms with van der Waals surface area (Å²) in [6.45, 7) is 14.3. The van der Waals surface area contributed by atoms with Gasteiger partial charge in [0.2, 0.25) is 0 Å². The molecule has 21 heavy (non-hydrogen) atoms. The van der Waals surface area contributed by atoms with E-state index in [0.29, 0.717) is 0 Å². The molecule has 0 N–H and O–H groups in total. The van der Waals surface area contributed by atoms with E-state index in [0.717, 1.165) is 32.4 Å². The Hall–Kier alpha value is 0.770. The summed E-state index contributed by atoms with van der Waals surface area (Å²) in [5, 5.41) is 0. The first-order valence-electron chi connectivity index (χ1n) is 7.39. The smallest absolute Gasteiger partial charge is 0.136 e. The molecule has 1 nitrogen and oxygen atoms in total. The van der Waals surface area contributed by atoms with Gasteiger partial charge >= 0.3 is 0 Å². The van der Waals surface area contributed by atoms with Gasteiger partial charge in [0.25, 0.3) is 0 Å². The van der Waals surface area contributed by atoms with Gasteiger partial charge in [-0.15, -0.1) is 30.1 Å². The van der Waals surface area contributed by atoms with Crippen LogP contribution in [-0.4, -0.2) is 43.1 Å². The quantitative estimate of drug-likeness (QED) is 0.281. The normalized spacial score (nSPS) is 9.52. The monoisotopic (exact) mass is 383 g/mol. The van der Waals surface area contributed by atoms with Crippen molar-refractivity contribution in [1.29, 1.82) is 0 Å². The van der Waals surface area contributed by atoms with Crippen molar-refractivity contribution in [3.8, 4) is 0 Å². The number of nitrogens with zero attached hydrogens (tertiary/aromatic N) is 1. The number of unbranched alkanes of at least 4 members (excludes halogenated alkanes) is 1. The van der Waals surface area contributed by atoms with E-state index in [1.807, 2.05) is 6.08 Å². The maximum absolute atomic E-state index is 5.16. The molecule has 0 aromatic rings. The number of thioether (sulfide) groups is 3. The zero-order valence-electron chi connectivity index (χ0n) is 13.7. The number of rotatable bonds is 8. The van der Waals surface area contributed by atoms with E-state index in [1.54, 1.807) is 35.3 Å². The molecule has 0 aromatic heterocycles. The second-order valence-corrected chi connectivity index (χ2v) is 9.14. The Balaban J connectivity index is 0. The summed E-state index contributed by atoms with van der Waals surface area (Å²) in [6.07, 6.45) is 4.40. The van der Waals surface area contributed by atoms with E-state index >= 15 is 0 Å². The van der Waals surface area contributed by atoms with Crippen LogP contribution in [0.3, 0.4) is 0 Å². The van der Waals surface area contributed by atoms with Crippen LogP contribution in [0.15, 0.2) is 12.7 Å². The molecular weight excluding hydrogens is 355 g/mol. The van der Waals surface area contributed by atoms with Crippen LogP contribution < -0.4 is 0 Å². The van der Waals surface area contributed by atoms with Crippen LogP contribution in [0.1, 0.15) is 40.5 Å². The summed E-state index contributed by atoms with van der Waals surface area (Å²) in [4.78, 5) is 2.20. The van der Waals surface area contributed by atoms with Gasteiger partial charge in [-0.2, -0.15) is 0 Å². The van der Waals surface area contributed by atoms with Crippen molar-refractivity contribution in [2.75, 3.05) is 30.3 Å². The summed E-state index contributed by atoms with van der Waals surface area (Å²) in [7, 11) is 0. The highest BCUT2D eigenvalue weighted by atomic mass is 32.2. The van der Waals surface area contributed by atoms with E-state index in [-0.39, 0.29) is 0 Å². The second-order valence-electron chi connectivity index (χ2n) is 3.92. The summed E-state index contributed by atoms with van der Waals surface area (Å²) < 4.78 is 2.09. The molecule has 0 rings (SSSR count). The Morgan fingerprint density at radius 3 is 2.10 bits per heavy atom. The minimum absolute atomic E-state index is 0.942. The maximum atomic E-state index is 5.16. The third kappa shape index (κ3) is 17.0. The average molecular weight is 384 g/mol. The van der Waals surface area contributed by atoms with Gasteiger partial charge < -0.3 is 4.90 Å². The summed E-state index contributed by atoms with van der Waals surface area (Å²) in [5.41, 5.74) is 0. The van der Waals surface area contributed by atoms with Crippen LogP contribution in [0.5, 0.6) is 0 Å². The number of hydrogen-bond donors (Lipinski definition) is 0. The third-order valence-electron chi connectivity index (χ3n) is 2.33. The van der Waals surface area contributed by atoms with Gasteiger partial charge in [0, 0.05) is 18.8 Å². The molecule has 0 aromatic carbocycles. The largest absolute Gasteiger partial charge is 0.358 e. The molecular formula is C15H29NS5. The minimum atomic E-state index is 0.942. The lowest BCUT2D eigenvalue weighted by Gasteiger charge is -2.20. The Morgan fingerprint density at radius 2 is 1.67 bits per heavy atom. The minimum Gasteiger partial charge on any atom is -0.358 e. The fourth-order valence-electron chi connectivity index (χ4n) is 1.17. The molecule has 0 amide bonds. The first-order valence-corrected chi connectivity index (χ1v) is 11.2. The lowest BCUT2D eigenvalue weighted by atomic mass is 10.4. The third-order valence-corrected chi connectivity index (χ3v) is 6.51. The summed E-state index contributed by atoms with van der Waals surface area (Å²) in [5.74, 6) is 3.19. The molecule has 0 aliphatic rings. The van der Waals surface area contributed by atoms with E-state index in [1.165, 1.54) is 18.6 Å². The highest BCUT2D eigenvalue weighted by Gasteiger charge is 2.02. The zero-order valence-corrected chi connectivity index (χ0v) is 17.8. The highest BCUT2D eigenvalue weighted by Crippen LogP contribution is 2.18.